The molecule has 74 valence electrons. The standard InChI is InChI=1S/C8H16O2.CH4S/c1-4-6-7(3)8(9)10-5-2;1-2/h7H,4-6H2,1-3H3;2H,1H3. The molecule has 1 unspecified atom stereocenters. The monoisotopic (exact) mass is 192 g/mol. The fourth-order valence-corrected chi connectivity index (χ4v) is 0.835. The van der Waals surface area contributed by atoms with Gasteiger partial charge in [-0.3, -0.25) is 4.79 Å². The molecule has 0 aromatic rings. The van der Waals surface area contributed by atoms with Crippen LogP contribution in [0.4, 0.5) is 0 Å². The van der Waals surface area contributed by atoms with E-state index in [1.54, 1.807) is 6.26 Å². The van der Waals surface area contributed by atoms with Gasteiger partial charge in [0.1, 0.15) is 0 Å². The number of hydrogen-bond donors (Lipinski definition) is 1. The normalized spacial score (nSPS) is 11.1. The van der Waals surface area contributed by atoms with Gasteiger partial charge in [-0.1, -0.05) is 20.3 Å². The van der Waals surface area contributed by atoms with E-state index in [0.29, 0.717) is 6.61 Å². The van der Waals surface area contributed by atoms with Gasteiger partial charge in [-0.25, -0.2) is 0 Å². The van der Waals surface area contributed by atoms with Gasteiger partial charge >= 0.3 is 5.97 Å². The lowest BCUT2D eigenvalue weighted by atomic mass is 10.1. The van der Waals surface area contributed by atoms with Crippen molar-refractivity contribution in [3.8, 4) is 0 Å². The maximum Gasteiger partial charge on any atom is 0.308 e. The Balaban J connectivity index is 0. The van der Waals surface area contributed by atoms with Gasteiger partial charge in [-0.2, -0.15) is 12.6 Å². The highest BCUT2D eigenvalue weighted by molar-refractivity contribution is 7.79. The zero-order valence-corrected chi connectivity index (χ0v) is 9.36. The molecule has 0 aliphatic rings. The van der Waals surface area contributed by atoms with Crippen molar-refractivity contribution in [2.24, 2.45) is 5.92 Å². The van der Waals surface area contributed by atoms with E-state index in [9.17, 15) is 4.79 Å². The summed E-state index contributed by atoms with van der Waals surface area (Å²) in [5.74, 6) is 0.00861. The van der Waals surface area contributed by atoms with Crippen LogP contribution in [0, 0.1) is 5.92 Å². The molecule has 0 aromatic carbocycles. The van der Waals surface area contributed by atoms with E-state index in [-0.39, 0.29) is 11.9 Å². The van der Waals surface area contributed by atoms with Crippen LogP contribution in [0.3, 0.4) is 0 Å². The average Bonchev–Trinajstić information content (AvgIpc) is 2.09. The van der Waals surface area contributed by atoms with E-state index in [4.69, 9.17) is 4.74 Å². The summed E-state index contributed by atoms with van der Waals surface area (Å²) in [5, 5.41) is 0. The Hall–Kier alpha value is -0.180. The summed E-state index contributed by atoms with van der Waals surface area (Å²) in [5.41, 5.74) is 0. The second kappa shape index (κ2) is 10.8. The third-order valence-corrected chi connectivity index (χ3v) is 1.41. The number of ether oxygens (including phenoxy) is 1. The quantitative estimate of drug-likeness (QED) is 0.547. The Morgan fingerprint density at radius 2 is 1.92 bits per heavy atom. The van der Waals surface area contributed by atoms with Crippen molar-refractivity contribution in [3.63, 3.8) is 0 Å². The summed E-state index contributed by atoms with van der Waals surface area (Å²) in [7, 11) is 0. The number of rotatable bonds is 4. The molecule has 0 saturated heterocycles. The SMILES string of the molecule is CCCC(C)C(=O)OCC.CS. The van der Waals surface area contributed by atoms with Crippen LogP contribution in [0.5, 0.6) is 0 Å². The van der Waals surface area contributed by atoms with Crippen LogP contribution in [0.15, 0.2) is 0 Å². The highest BCUT2D eigenvalue weighted by Crippen LogP contribution is 2.06. The van der Waals surface area contributed by atoms with Crippen molar-refractivity contribution in [1.29, 1.82) is 0 Å². The number of esters is 1. The summed E-state index contributed by atoms with van der Waals surface area (Å²) < 4.78 is 4.82. The van der Waals surface area contributed by atoms with E-state index in [1.807, 2.05) is 13.8 Å². The molecule has 0 bridgehead atoms. The third-order valence-electron chi connectivity index (χ3n) is 1.41. The zero-order chi connectivity index (χ0) is 9.98. The topological polar surface area (TPSA) is 26.3 Å². The lowest BCUT2D eigenvalue weighted by Crippen LogP contribution is -2.14. The molecule has 0 fully saturated rings. The molecule has 0 spiro atoms. The van der Waals surface area contributed by atoms with Gasteiger partial charge in [0.25, 0.3) is 0 Å². The van der Waals surface area contributed by atoms with Gasteiger partial charge in [-0.15, -0.1) is 0 Å². The van der Waals surface area contributed by atoms with E-state index in [0.717, 1.165) is 12.8 Å². The van der Waals surface area contributed by atoms with Crippen molar-refractivity contribution < 1.29 is 9.53 Å². The summed E-state index contributed by atoms with van der Waals surface area (Å²) in [6.45, 7) is 6.29. The largest absolute Gasteiger partial charge is 0.466 e. The van der Waals surface area contributed by atoms with Gasteiger partial charge in [0.15, 0.2) is 0 Å². The summed E-state index contributed by atoms with van der Waals surface area (Å²) >= 11 is 3.53. The molecule has 0 aliphatic carbocycles. The van der Waals surface area contributed by atoms with Gasteiger partial charge < -0.3 is 4.74 Å². The molecule has 0 heterocycles. The first-order chi connectivity index (χ1) is 5.72. The predicted octanol–water partition coefficient (Wildman–Crippen LogP) is 2.53. The van der Waals surface area contributed by atoms with E-state index in [2.05, 4.69) is 19.6 Å². The first-order valence-electron chi connectivity index (χ1n) is 4.33. The van der Waals surface area contributed by atoms with Crippen molar-refractivity contribution >= 4 is 18.6 Å². The molecule has 0 N–H and O–H groups in total. The van der Waals surface area contributed by atoms with Crippen LogP contribution < -0.4 is 0 Å². The highest BCUT2D eigenvalue weighted by atomic mass is 32.1. The van der Waals surface area contributed by atoms with Crippen LogP contribution in [0.1, 0.15) is 33.6 Å². The lowest BCUT2D eigenvalue weighted by Gasteiger charge is -2.07. The van der Waals surface area contributed by atoms with Crippen LogP contribution >= 0.6 is 12.6 Å². The molecule has 1 atom stereocenters. The maximum absolute atomic E-state index is 10.9. The molecule has 0 aromatic heterocycles. The van der Waals surface area contributed by atoms with Crippen molar-refractivity contribution in [2.75, 3.05) is 12.9 Å². The van der Waals surface area contributed by atoms with Crippen LogP contribution in [0.25, 0.3) is 0 Å². The van der Waals surface area contributed by atoms with Crippen molar-refractivity contribution in [2.45, 2.75) is 33.6 Å². The van der Waals surface area contributed by atoms with Crippen LogP contribution in [-0.4, -0.2) is 18.8 Å². The molecule has 0 amide bonds. The van der Waals surface area contributed by atoms with Crippen molar-refractivity contribution in [1.82, 2.24) is 0 Å². The highest BCUT2D eigenvalue weighted by Gasteiger charge is 2.11. The molecule has 12 heavy (non-hydrogen) atoms. The minimum absolute atomic E-state index is 0.0654. The van der Waals surface area contributed by atoms with Crippen LogP contribution in [-0.2, 0) is 9.53 Å². The molecular weight excluding hydrogens is 172 g/mol. The van der Waals surface area contributed by atoms with E-state index < -0.39 is 0 Å². The minimum Gasteiger partial charge on any atom is -0.466 e. The predicted molar refractivity (Wildman–Crippen MR) is 55.6 cm³/mol. The molecule has 0 rings (SSSR count). The first kappa shape index (κ1) is 14.3. The second-order valence-electron chi connectivity index (χ2n) is 2.44. The smallest absolute Gasteiger partial charge is 0.308 e. The van der Waals surface area contributed by atoms with E-state index >= 15 is 0 Å². The molecular formula is C9H20O2S. The number of carbonyl (C=O) groups excluding carboxylic acids is 1. The van der Waals surface area contributed by atoms with Crippen LogP contribution in [0.2, 0.25) is 0 Å². The third kappa shape index (κ3) is 7.92. The Labute approximate surface area is 81.1 Å². The van der Waals surface area contributed by atoms with Gasteiger partial charge in [0.2, 0.25) is 0 Å². The minimum atomic E-state index is -0.0654. The Morgan fingerprint density at radius 1 is 1.42 bits per heavy atom. The summed E-state index contributed by atoms with van der Waals surface area (Å²) in [6, 6.07) is 0. The zero-order valence-electron chi connectivity index (χ0n) is 8.46. The summed E-state index contributed by atoms with van der Waals surface area (Å²) in [4.78, 5) is 10.9. The number of carbonyl (C=O) groups is 1. The molecule has 3 heteroatoms. The number of thiol groups is 1. The Bertz CT molecular complexity index is 105. The van der Waals surface area contributed by atoms with Gasteiger partial charge in [0.05, 0.1) is 12.5 Å². The van der Waals surface area contributed by atoms with E-state index in [1.165, 1.54) is 0 Å². The fraction of sp³-hybridized carbons (Fsp3) is 0.889. The first-order valence-corrected chi connectivity index (χ1v) is 5.23. The summed E-state index contributed by atoms with van der Waals surface area (Å²) in [6.07, 6.45) is 3.67. The molecule has 0 saturated carbocycles. The van der Waals surface area contributed by atoms with Gasteiger partial charge in [-0.05, 0) is 19.6 Å². The molecule has 0 aliphatic heterocycles. The Morgan fingerprint density at radius 3 is 2.25 bits per heavy atom. The number of hydrogen-bond acceptors (Lipinski definition) is 3. The molecule has 2 nitrogen and oxygen atoms in total. The Kier molecular flexibility index (Phi) is 12.9. The average molecular weight is 192 g/mol. The lowest BCUT2D eigenvalue weighted by molar-refractivity contribution is -0.147. The van der Waals surface area contributed by atoms with Crippen molar-refractivity contribution in [3.05, 3.63) is 0 Å². The fourth-order valence-electron chi connectivity index (χ4n) is 0.835. The maximum atomic E-state index is 10.9. The second-order valence-corrected chi connectivity index (χ2v) is 2.44. The molecule has 0 radical (unpaired) electrons. The van der Waals surface area contributed by atoms with Gasteiger partial charge in [0, 0.05) is 0 Å².